The van der Waals surface area contributed by atoms with Crippen molar-refractivity contribution in [3.8, 4) is 17.4 Å². The summed E-state index contributed by atoms with van der Waals surface area (Å²) < 4.78 is 36.2. The number of amidine groups is 1. The number of nitrogens with one attached hydrogen (secondary N) is 3. The van der Waals surface area contributed by atoms with E-state index >= 15 is 0 Å². The zero-order chi connectivity index (χ0) is 22.5. The van der Waals surface area contributed by atoms with Crippen LogP contribution in [0.2, 0.25) is 0 Å². The Bertz CT molecular complexity index is 1070. The van der Waals surface area contributed by atoms with E-state index in [1.54, 1.807) is 18.2 Å². The summed E-state index contributed by atoms with van der Waals surface area (Å²) in [6.07, 6.45) is 0.607. The number of benzene rings is 2. The van der Waals surface area contributed by atoms with Crippen LogP contribution in [0.1, 0.15) is 24.5 Å². The Hall–Kier alpha value is -3.24. The van der Waals surface area contributed by atoms with Gasteiger partial charge in [0.25, 0.3) is 0 Å². The standard InChI is InChI=1S/C21H22F2N4O3S/c1-3-14(10-28)25-19(24)18-20(29)27-31-21(18)26-17-5-4-15(6-11(17)2)30-16-8-12(22)7-13(23)9-16/h4-9,14,26,28H,3,10H2,1-2H3,(H2,24,25)(H,27,29). The largest absolute Gasteiger partial charge is 0.492 e. The first kappa shape index (κ1) is 22.4. The van der Waals surface area contributed by atoms with Gasteiger partial charge in [-0.15, -0.1) is 0 Å². The first-order chi connectivity index (χ1) is 14.8. The third-order valence-electron chi connectivity index (χ3n) is 4.50. The van der Waals surface area contributed by atoms with Crippen molar-refractivity contribution >= 4 is 28.1 Å². The van der Waals surface area contributed by atoms with Gasteiger partial charge >= 0.3 is 0 Å². The van der Waals surface area contributed by atoms with Gasteiger partial charge in [0.15, 0.2) is 0 Å². The van der Waals surface area contributed by atoms with Crippen molar-refractivity contribution in [2.45, 2.75) is 26.3 Å². The van der Waals surface area contributed by atoms with Gasteiger partial charge in [0, 0.05) is 23.9 Å². The van der Waals surface area contributed by atoms with Crippen molar-refractivity contribution in [3.05, 3.63) is 59.2 Å². The van der Waals surface area contributed by atoms with Crippen LogP contribution in [0.5, 0.6) is 17.4 Å². The zero-order valence-corrected chi connectivity index (χ0v) is 17.7. The van der Waals surface area contributed by atoms with E-state index < -0.39 is 11.6 Å². The summed E-state index contributed by atoms with van der Waals surface area (Å²) in [4.78, 5) is 0. The molecule has 2 aromatic carbocycles. The Kier molecular flexibility index (Phi) is 7.03. The van der Waals surface area contributed by atoms with Crippen LogP contribution in [0, 0.1) is 24.0 Å². The minimum atomic E-state index is -0.731. The number of aromatic nitrogens is 1. The molecule has 0 aliphatic rings. The lowest BCUT2D eigenvalue weighted by atomic mass is 10.1. The SMILES string of the molecule is CCC(CO)NC(=N)c1c(O)nsc1Nc1ccc(Oc2cc(F)cc(F)c2)cc1C. The Balaban J connectivity index is 1.79. The molecule has 0 fully saturated rings. The molecule has 7 nitrogen and oxygen atoms in total. The van der Waals surface area contributed by atoms with Gasteiger partial charge < -0.3 is 25.6 Å². The van der Waals surface area contributed by atoms with Crippen LogP contribution in [-0.4, -0.2) is 33.1 Å². The van der Waals surface area contributed by atoms with Gasteiger partial charge in [0.05, 0.1) is 12.6 Å². The van der Waals surface area contributed by atoms with E-state index in [4.69, 9.17) is 10.1 Å². The normalized spacial score (nSPS) is 11.8. The molecular formula is C21H22F2N4O3S. The van der Waals surface area contributed by atoms with Crippen molar-refractivity contribution in [2.24, 2.45) is 0 Å². The summed E-state index contributed by atoms with van der Waals surface area (Å²) in [5, 5.41) is 34.1. The highest BCUT2D eigenvalue weighted by Gasteiger charge is 2.20. The second kappa shape index (κ2) is 9.71. The molecule has 1 aromatic heterocycles. The van der Waals surface area contributed by atoms with Crippen LogP contribution in [0.25, 0.3) is 0 Å². The van der Waals surface area contributed by atoms with Gasteiger partial charge in [0.1, 0.15) is 39.5 Å². The molecule has 1 atom stereocenters. The molecule has 31 heavy (non-hydrogen) atoms. The number of anilines is 2. The van der Waals surface area contributed by atoms with Gasteiger partial charge in [-0.2, -0.15) is 4.37 Å². The molecule has 1 unspecified atom stereocenters. The van der Waals surface area contributed by atoms with Crippen molar-refractivity contribution in [1.82, 2.24) is 9.69 Å². The fourth-order valence-corrected chi connectivity index (χ4v) is 3.54. The summed E-state index contributed by atoms with van der Waals surface area (Å²) in [7, 11) is 0. The molecule has 164 valence electrons. The minimum Gasteiger partial charge on any atom is -0.492 e. The van der Waals surface area contributed by atoms with E-state index in [1.165, 1.54) is 0 Å². The quantitative estimate of drug-likeness (QED) is 0.253. The molecule has 0 radical (unpaired) electrons. The van der Waals surface area contributed by atoms with E-state index in [1.807, 2.05) is 13.8 Å². The molecule has 0 amide bonds. The number of aliphatic hydroxyl groups is 1. The molecule has 0 saturated carbocycles. The maximum atomic E-state index is 13.4. The second-order valence-corrected chi connectivity index (χ2v) is 7.60. The van der Waals surface area contributed by atoms with Gasteiger partial charge in [-0.3, -0.25) is 5.41 Å². The number of aliphatic hydroxyl groups excluding tert-OH is 1. The highest BCUT2D eigenvalue weighted by Crippen LogP contribution is 2.34. The topological polar surface area (TPSA) is 110 Å². The molecule has 3 rings (SSSR count). The number of aryl methyl sites for hydroxylation is 1. The summed E-state index contributed by atoms with van der Waals surface area (Å²) in [5.41, 5.74) is 1.63. The predicted molar refractivity (Wildman–Crippen MR) is 116 cm³/mol. The maximum Gasteiger partial charge on any atom is 0.236 e. The highest BCUT2D eigenvalue weighted by molar-refractivity contribution is 7.11. The average Bonchev–Trinajstić information content (AvgIpc) is 3.07. The molecular weight excluding hydrogens is 426 g/mol. The van der Waals surface area contributed by atoms with Crippen LogP contribution in [-0.2, 0) is 0 Å². The second-order valence-electron chi connectivity index (χ2n) is 6.83. The maximum absolute atomic E-state index is 13.4. The Morgan fingerprint density at radius 2 is 1.90 bits per heavy atom. The lowest BCUT2D eigenvalue weighted by Crippen LogP contribution is -2.37. The summed E-state index contributed by atoms with van der Waals surface area (Å²) >= 11 is 0.991. The monoisotopic (exact) mass is 448 g/mol. The van der Waals surface area contributed by atoms with Crippen LogP contribution in [0.15, 0.2) is 36.4 Å². The van der Waals surface area contributed by atoms with Gasteiger partial charge in [0.2, 0.25) is 5.88 Å². The Morgan fingerprint density at radius 3 is 2.52 bits per heavy atom. The lowest BCUT2D eigenvalue weighted by Gasteiger charge is -2.17. The van der Waals surface area contributed by atoms with Crippen molar-refractivity contribution in [1.29, 1.82) is 5.41 Å². The first-order valence-corrected chi connectivity index (χ1v) is 10.2. The summed E-state index contributed by atoms with van der Waals surface area (Å²) in [6, 6.07) is 7.65. The van der Waals surface area contributed by atoms with E-state index in [9.17, 15) is 19.0 Å². The smallest absolute Gasteiger partial charge is 0.236 e. The van der Waals surface area contributed by atoms with Crippen molar-refractivity contribution in [3.63, 3.8) is 0 Å². The molecule has 10 heteroatoms. The fourth-order valence-electron chi connectivity index (χ4n) is 2.83. The molecule has 3 aromatic rings. The number of nitrogens with zero attached hydrogens (tertiary/aromatic N) is 1. The lowest BCUT2D eigenvalue weighted by molar-refractivity contribution is 0.252. The Labute approximate surface area is 182 Å². The van der Waals surface area contributed by atoms with E-state index in [0.29, 0.717) is 22.9 Å². The fraction of sp³-hybridized carbons (Fsp3) is 0.238. The van der Waals surface area contributed by atoms with E-state index in [-0.39, 0.29) is 35.7 Å². The van der Waals surface area contributed by atoms with Crippen LogP contribution in [0.4, 0.5) is 19.5 Å². The van der Waals surface area contributed by atoms with E-state index in [2.05, 4.69) is 15.0 Å². The van der Waals surface area contributed by atoms with E-state index in [0.717, 1.165) is 35.3 Å². The molecule has 5 N–H and O–H groups in total. The number of hydrogen-bond donors (Lipinski definition) is 5. The minimum absolute atomic E-state index is 0.0427. The predicted octanol–water partition coefficient (Wildman–Crippen LogP) is 4.66. The molecule has 0 spiro atoms. The van der Waals surface area contributed by atoms with Crippen LogP contribution in [0.3, 0.4) is 0 Å². The zero-order valence-electron chi connectivity index (χ0n) is 16.9. The molecule has 0 aliphatic carbocycles. The number of rotatable bonds is 8. The van der Waals surface area contributed by atoms with Crippen LogP contribution < -0.4 is 15.4 Å². The summed E-state index contributed by atoms with van der Waals surface area (Å²) in [5.74, 6) is -1.37. The first-order valence-electron chi connectivity index (χ1n) is 9.47. The number of aromatic hydroxyl groups is 1. The number of ether oxygens (including phenoxy) is 1. The third kappa shape index (κ3) is 5.47. The van der Waals surface area contributed by atoms with Crippen molar-refractivity contribution in [2.75, 3.05) is 11.9 Å². The third-order valence-corrected chi connectivity index (χ3v) is 5.26. The van der Waals surface area contributed by atoms with Gasteiger partial charge in [-0.25, -0.2) is 8.78 Å². The number of halogens is 2. The number of hydrogen-bond acceptors (Lipinski definition) is 7. The summed E-state index contributed by atoms with van der Waals surface area (Å²) in [6.45, 7) is 3.54. The highest BCUT2D eigenvalue weighted by atomic mass is 32.1. The molecule has 0 bridgehead atoms. The molecule has 0 aliphatic heterocycles. The molecule has 1 heterocycles. The average molecular weight is 448 g/mol. The van der Waals surface area contributed by atoms with Gasteiger partial charge in [-0.1, -0.05) is 6.92 Å². The molecule has 0 saturated heterocycles. The van der Waals surface area contributed by atoms with Gasteiger partial charge in [-0.05, 0) is 48.6 Å². The Morgan fingerprint density at radius 1 is 1.19 bits per heavy atom. The van der Waals surface area contributed by atoms with Crippen molar-refractivity contribution < 1.29 is 23.7 Å². The van der Waals surface area contributed by atoms with Crippen LogP contribution >= 0.6 is 11.5 Å².